The second-order valence-corrected chi connectivity index (χ2v) is 7.39. The van der Waals surface area contributed by atoms with Gasteiger partial charge in [0.25, 0.3) is 5.91 Å². The summed E-state index contributed by atoms with van der Waals surface area (Å²) in [6.07, 6.45) is 1.87. The summed E-state index contributed by atoms with van der Waals surface area (Å²) in [6.45, 7) is 12.4. The molecule has 1 aromatic carbocycles. The minimum Gasteiger partial charge on any atom is -0.398 e. The zero-order valence-corrected chi connectivity index (χ0v) is 16.9. The molecule has 1 amide bonds. The van der Waals surface area contributed by atoms with Crippen LogP contribution in [0.4, 0.5) is 5.69 Å². The Balaban J connectivity index is 0.000000921. The molecular weight excluding hydrogens is 356 g/mol. The summed E-state index contributed by atoms with van der Waals surface area (Å²) in [5.74, 6) is 1.40. The molecule has 0 aliphatic carbocycles. The topological polar surface area (TPSA) is 133 Å². The second-order valence-electron chi connectivity index (χ2n) is 7.39. The lowest BCUT2D eigenvalue weighted by Gasteiger charge is -2.31. The number of nitrogens with zero attached hydrogens (tertiary/aromatic N) is 3. The normalized spacial score (nSPS) is 16.2. The molecule has 4 N–H and O–H groups in total. The number of nitrogens with two attached hydrogens (primary N) is 1. The molecule has 0 radical (unpaired) electrons. The van der Waals surface area contributed by atoms with Gasteiger partial charge >= 0.3 is 0 Å². The number of aromatic nitrogens is 2. The molecule has 1 unspecified atom stereocenters. The summed E-state index contributed by atoms with van der Waals surface area (Å²) in [4.78, 5) is 19.1. The third-order valence-corrected chi connectivity index (χ3v) is 4.35. The Morgan fingerprint density at radius 3 is 2.46 bits per heavy atom. The van der Waals surface area contributed by atoms with Gasteiger partial charge in [-0.05, 0) is 38.4 Å². The average Bonchev–Trinajstić information content (AvgIpc) is 3.22. The van der Waals surface area contributed by atoms with Crippen LogP contribution in [0.1, 0.15) is 61.6 Å². The molecule has 1 atom stereocenters. The molecule has 1 aliphatic rings. The van der Waals surface area contributed by atoms with Gasteiger partial charge in [0.15, 0.2) is 5.82 Å². The zero-order chi connectivity index (χ0) is 21.3. The number of hydrogen-bond acceptors (Lipinski definition) is 7. The number of piperidine rings is 1. The van der Waals surface area contributed by atoms with E-state index in [4.69, 9.17) is 21.1 Å². The average molecular weight is 387 g/mol. The second kappa shape index (κ2) is 10.3. The van der Waals surface area contributed by atoms with E-state index in [-0.39, 0.29) is 17.2 Å². The molecule has 1 saturated heterocycles. The van der Waals surface area contributed by atoms with Gasteiger partial charge in [0, 0.05) is 30.1 Å². The number of anilines is 1. The van der Waals surface area contributed by atoms with Crippen LogP contribution >= 0.6 is 0 Å². The summed E-state index contributed by atoms with van der Waals surface area (Å²) < 4.78 is 5.40. The fourth-order valence-electron chi connectivity index (χ4n) is 2.94. The first-order chi connectivity index (χ1) is 13.4. The Morgan fingerprint density at radius 1 is 1.25 bits per heavy atom. The fourth-order valence-corrected chi connectivity index (χ4v) is 2.94. The molecule has 1 aliphatic heterocycles. The van der Waals surface area contributed by atoms with E-state index in [0.29, 0.717) is 29.5 Å². The number of carbonyl (C=O) groups is 1. The first-order valence-electron chi connectivity index (χ1n) is 9.05. The summed E-state index contributed by atoms with van der Waals surface area (Å²) in [5.41, 5.74) is 6.84. The lowest BCUT2D eigenvalue weighted by Crippen LogP contribution is -2.39. The number of likely N-dealkylation sites (tertiary alicyclic amines) is 1. The summed E-state index contributed by atoms with van der Waals surface area (Å²) in [5, 5.41) is 15.1. The molecule has 1 aromatic heterocycles. The highest BCUT2D eigenvalue weighted by Crippen LogP contribution is 2.29. The van der Waals surface area contributed by atoms with Crippen LogP contribution in [0.3, 0.4) is 0 Å². The van der Waals surface area contributed by atoms with Crippen molar-refractivity contribution in [2.24, 2.45) is 0 Å². The number of para-hydroxylation sites is 1. The van der Waals surface area contributed by atoms with E-state index in [1.54, 1.807) is 12.1 Å². The van der Waals surface area contributed by atoms with Gasteiger partial charge in [-0.15, -0.1) is 0 Å². The van der Waals surface area contributed by atoms with Crippen molar-refractivity contribution in [2.75, 3.05) is 18.8 Å². The van der Waals surface area contributed by atoms with Gasteiger partial charge in [-0.1, -0.05) is 38.1 Å². The first kappa shape index (κ1) is 23.0. The lowest BCUT2D eigenvalue weighted by atomic mass is 9.95. The van der Waals surface area contributed by atoms with Crippen LogP contribution in [-0.4, -0.2) is 47.5 Å². The maximum absolute atomic E-state index is 12.7. The number of rotatable bonds is 2. The summed E-state index contributed by atoms with van der Waals surface area (Å²) in [7, 11) is 0. The van der Waals surface area contributed by atoms with Gasteiger partial charge in [0.05, 0.1) is 5.56 Å². The van der Waals surface area contributed by atoms with Crippen LogP contribution < -0.4 is 5.73 Å². The van der Waals surface area contributed by atoms with Crippen LogP contribution in [0.5, 0.6) is 0 Å². The van der Waals surface area contributed by atoms with Gasteiger partial charge in [-0.3, -0.25) is 4.79 Å². The Labute approximate surface area is 166 Å². The Bertz CT molecular complexity index is 766. The highest BCUT2D eigenvalue weighted by Gasteiger charge is 2.30. The van der Waals surface area contributed by atoms with E-state index < -0.39 is 0 Å². The van der Waals surface area contributed by atoms with Crippen LogP contribution in [0.15, 0.2) is 28.8 Å². The van der Waals surface area contributed by atoms with Crippen LogP contribution in [0, 0.1) is 10.8 Å². The number of nitrogens with one attached hydrogen (secondary N) is 2. The molecule has 152 valence electrons. The molecule has 1 fully saturated rings. The molecule has 0 spiro atoms. The molecule has 8 heteroatoms. The number of hydrogen-bond donors (Lipinski definition) is 3. The van der Waals surface area contributed by atoms with Crippen molar-refractivity contribution in [2.45, 2.75) is 44.9 Å². The summed E-state index contributed by atoms with van der Waals surface area (Å²) >= 11 is 0. The number of amides is 1. The van der Waals surface area contributed by atoms with Crippen LogP contribution in [-0.2, 0) is 5.41 Å². The highest BCUT2D eigenvalue weighted by molar-refractivity contribution is 5.99. The smallest absolute Gasteiger partial charge is 0.255 e. The minimum atomic E-state index is -0.173. The molecule has 28 heavy (non-hydrogen) atoms. The van der Waals surface area contributed by atoms with Gasteiger partial charge in [-0.25, -0.2) is 0 Å². The molecule has 3 rings (SSSR count). The van der Waals surface area contributed by atoms with Crippen molar-refractivity contribution in [3.8, 4) is 0 Å². The van der Waals surface area contributed by atoms with E-state index >= 15 is 0 Å². The molecule has 2 aromatic rings. The van der Waals surface area contributed by atoms with Gasteiger partial charge in [0.1, 0.15) is 0 Å². The fraction of sp³-hybridized carbons (Fsp3) is 0.450. The third-order valence-electron chi connectivity index (χ3n) is 4.35. The van der Waals surface area contributed by atoms with Crippen LogP contribution in [0.25, 0.3) is 0 Å². The molecule has 0 bridgehead atoms. The monoisotopic (exact) mass is 386 g/mol. The standard InChI is InChI=1S/C18H24N4O2.2CH3N/c1-18(2,3)17-20-15(21-24-17)12-7-6-10-22(11-12)16(23)13-8-4-5-9-14(13)19;2*1-2/h4-5,8-9,12H,6-7,10-11,19H2,1-3H3;2*2H,1H2. The van der Waals surface area contributed by atoms with Crippen molar-refractivity contribution in [3.63, 3.8) is 0 Å². The van der Waals surface area contributed by atoms with Crippen molar-refractivity contribution in [3.05, 3.63) is 41.5 Å². The highest BCUT2D eigenvalue weighted by atomic mass is 16.5. The van der Waals surface area contributed by atoms with Gasteiger partial charge < -0.3 is 26.0 Å². The number of benzene rings is 1. The predicted octanol–water partition coefficient (Wildman–Crippen LogP) is 3.50. The Hall–Kier alpha value is -3.03. The van der Waals surface area contributed by atoms with Crippen molar-refractivity contribution >= 4 is 25.0 Å². The Morgan fingerprint density at radius 2 is 1.89 bits per heavy atom. The van der Waals surface area contributed by atoms with Gasteiger partial charge in [-0.2, -0.15) is 4.98 Å². The summed E-state index contributed by atoms with van der Waals surface area (Å²) in [6, 6.07) is 7.19. The maximum atomic E-state index is 12.7. The van der Waals surface area contributed by atoms with Crippen LogP contribution in [0.2, 0.25) is 0 Å². The Kier molecular flexibility index (Phi) is 8.50. The van der Waals surface area contributed by atoms with Crippen molar-refractivity contribution in [1.29, 1.82) is 10.8 Å². The van der Waals surface area contributed by atoms with E-state index in [2.05, 4.69) is 23.6 Å². The van der Waals surface area contributed by atoms with E-state index in [1.807, 2.05) is 37.8 Å². The van der Waals surface area contributed by atoms with Gasteiger partial charge in [0.2, 0.25) is 5.89 Å². The number of nitrogen functional groups attached to an aromatic ring is 1. The third kappa shape index (κ3) is 5.48. The molecule has 2 heterocycles. The zero-order valence-electron chi connectivity index (χ0n) is 16.9. The van der Waals surface area contributed by atoms with Crippen molar-refractivity contribution < 1.29 is 9.32 Å². The molecule has 0 saturated carbocycles. The van der Waals surface area contributed by atoms with Crippen molar-refractivity contribution in [1.82, 2.24) is 15.0 Å². The van der Waals surface area contributed by atoms with E-state index in [1.165, 1.54) is 0 Å². The largest absolute Gasteiger partial charge is 0.398 e. The van der Waals surface area contributed by atoms with E-state index in [9.17, 15) is 4.79 Å². The quantitative estimate of drug-likeness (QED) is 0.536. The van der Waals surface area contributed by atoms with E-state index in [0.717, 1.165) is 19.4 Å². The predicted molar refractivity (Wildman–Crippen MR) is 111 cm³/mol. The maximum Gasteiger partial charge on any atom is 0.255 e. The minimum absolute atomic E-state index is 0.0302. The molecule has 8 nitrogen and oxygen atoms in total. The first-order valence-corrected chi connectivity index (χ1v) is 9.05. The number of carbonyl (C=O) groups excluding carboxylic acids is 1. The SMILES string of the molecule is C=N.C=N.CC(C)(C)c1nc(C2CCCN(C(=O)c3ccccc3N)C2)no1. The molecular formula is C20H30N6O2. The lowest BCUT2D eigenvalue weighted by molar-refractivity contribution is 0.0704.